The number of hydrogen-bond donors (Lipinski definition) is 0. The average molecular weight is 232 g/mol. The highest BCUT2D eigenvalue weighted by molar-refractivity contribution is 5.24. The van der Waals surface area contributed by atoms with E-state index in [-0.39, 0.29) is 8.85 Å². The molecule has 0 aromatic heterocycles. The Hall–Kier alpha value is -1.04. The van der Waals surface area contributed by atoms with Crippen LogP contribution >= 0.6 is 0 Å². The smallest absolute Gasteiger partial charge is 0 e. The molecule has 0 spiro atoms. The minimum atomic E-state index is 0. The monoisotopic (exact) mass is 232 g/mol. The summed E-state index contributed by atoms with van der Waals surface area (Å²) in [6, 6.07) is 9.12. The number of hydrogen-bond acceptors (Lipinski definition) is 0. The van der Waals surface area contributed by atoms with Crippen molar-refractivity contribution in [1.82, 2.24) is 0 Å². The molecule has 1 aliphatic rings. The summed E-state index contributed by atoms with van der Waals surface area (Å²) in [6.07, 6.45) is 10.0. The van der Waals surface area contributed by atoms with Crippen LogP contribution in [-0.4, -0.2) is 0 Å². The van der Waals surface area contributed by atoms with E-state index in [4.69, 9.17) is 0 Å². The summed E-state index contributed by atoms with van der Waals surface area (Å²) in [7, 11) is 0. The fourth-order valence-corrected chi connectivity index (χ4v) is 2.76. The molecule has 1 aromatic rings. The molecule has 0 bridgehead atoms. The van der Waals surface area contributed by atoms with Crippen LogP contribution in [-0.2, 0) is 0 Å². The third-order valence-electron chi connectivity index (χ3n) is 3.79. The van der Waals surface area contributed by atoms with Gasteiger partial charge < -0.3 is 0 Å². The fraction of sp³-hybridized carbons (Fsp3) is 0.529. The van der Waals surface area contributed by atoms with Gasteiger partial charge in [-0.15, -0.1) is 0 Å². The highest BCUT2D eigenvalue weighted by Gasteiger charge is 2.20. The first-order valence-electron chi connectivity index (χ1n) is 6.49. The van der Waals surface area contributed by atoms with Gasteiger partial charge in [0.15, 0.2) is 0 Å². The van der Waals surface area contributed by atoms with Gasteiger partial charge in [-0.2, -0.15) is 0 Å². The zero-order valence-electron chi connectivity index (χ0n) is 10.4. The van der Waals surface area contributed by atoms with Crippen molar-refractivity contribution in [2.24, 2.45) is 5.92 Å². The van der Waals surface area contributed by atoms with Gasteiger partial charge in [0.05, 0.1) is 0 Å². The van der Waals surface area contributed by atoms with Crippen molar-refractivity contribution in [2.45, 2.75) is 52.9 Å². The average Bonchev–Trinajstić information content (AvgIpc) is 2.32. The number of aryl methyl sites for hydroxylation is 1. The van der Waals surface area contributed by atoms with E-state index in [0.717, 1.165) is 11.8 Å². The Kier molecular flexibility index (Phi) is 5.47. The molecular formula is C17H28. The van der Waals surface area contributed by atoms with Crippen LogP contribution in [0.4, 0.5) is 0 Å². The van der Waals surface area contributed by atoms with Gasteiger partial charge in [-0.05, 0) is 56.9 Å². The van der Waals surface area contributed by atoms with Crippen molar-refractivity contribution in [3.63, 3.8) is 0 Å². The van der Waals surface area contributed by atoms with E-state index in [2.05, 4.69) is 50.3 Å². The highest BCUT2D eigenvalue weighted by Crippen LogP contribution is 2.36. The summed E-state index contributed by atoms with van der Waals surface area (Å²) in [4.78, 5) is 0. The third-order valence-corrected chi connectivity index (χ3v) is 3.79. The molecule has 0 nitrogen and oxygen atoms in total. The van der Waals surface area contributed by atoms with Gasteiger partial charge in [0.2, 0.25) is 0 Å². The lowest BCUT2D eigenvalue weighted by Gasteiger charge is -2.27. The van der Waals surface area contributed by atoms with Crippen LogP contribution in [0.3, 0.4) is 0 Å². The van der Waals surface area contributed by atoms with Gasteiger partial charge in [-0.3, -0.25) is 0 Å². The van der Waals surface area contributed by atoms with Gasteiger partial charge in [0.1, 0.15) is 0 Å². The Morgan fingerprint density at radius 3 is 2.18 bits per heavy atom. The SMILES string of the molecule is C.C/C=C/C1CCC(c2ccc(C)cc2)CC1.[HH]. The van der Waals surface area contributed by atoms with Crippen LogP contribution in [0.25, 0.3) is 0 Å². The second kappa shape index (κ2) is 6.64. The molecule has 0 N–H and O–H groups in total. The van der Waals surface area contributed by atoms with Crippen LogP contribution in [0.2, 0.25) is 0 Å². The first-order valence-corrected chi connectivity index (χ1v) is 6.49. The van der Waals surface area contributed by atoms with Gasteiger partial charge in [-0.1, -0.05) is 49.4 Å². The van der Waals surface area contributed by atoms with Crippen molar-refractivity contribution in [1.29, 1.82) is 0 Å². The number of allylic oxidation sites excluding steroid dienone is 2. The van der Waals surface area contributed by atoms with E-state index in [1.807, 2.05) is 0 Å². The maximum atomic E-state index is 2.38. The largest absolute Gasteiger partial charge is 0.0914 e. The molecule has 0 heteroatoms. The van der Waals surface area contributed by atoms with Gasteiger partial charge in [-0.25, -0.2) is 0 Å². The molecule has 1 aliphatic carbocycles. The maximum absolute atomic E-state index is 2.38. The summed E-state index contributed by atoms with van der Waals surface area (Å²) in [5.41, 5.74) is 2.91. The lowest BCUT2D eigenvalue weighted by molar-refractivity contribution is 0.375. The first kappa shape index (κ1) is 14.0. The molecule has 0 aliphatic heterocycles. The van der Waals surface area contributed by atoms with Gasteiger partial charge in [0.25, 0.3) is 0 Å². The van der Waals surface area contributed by atoms with E-state index < -0.39 is 0 Å². The highest BCUT2D eigenvalue weighted by atomic mass is 14.2. The van der Waals surface area contributed by atoms with E-state index in [9.17, 15) is 0 Å². The second-order valence-corrected chi connectivity index (χ2v) is 5.05. The molecule has 1 saturated carbocycles. The van der Waals surface area contributed by atoms with E-state index in [1.165, 1.54) is 31.2 Å². The van der Waals surface area contributed by atoms with Crippen molar-refractivity contribution in [3.05, 3.63) is 47.5 Å². The quantitative estimate of drug-likeness (QED) is 0.571. The Bertz CT molecular complexity index is 342. The van der Waals surface area contributed by atoms with Gasteiger partial charge in [0, 0.05) is 1.43 Å². The zero-order chi connectivity index (χ0) is 11.4. The maximum Gasteiger partial charge on any atom is 0 e. The molecule has 17 heavy (non-hydrogen) atoms. The second-order valence-electron chi connectivity index (χ2n) is 5.05. The number of rotatable bonds is 2. The van der Waals surface area contributed by atoms with Crippen LogP contribution < -0.4 is 0 Å². The molecule has 0 saturated heterocycles. The minimum absolute atomic E-state index is 0. The molecule has 0 radical (unpaired) electrons. The zero-order valence-corrected chi connectivity index (χ0v) is 10.4. The molecule has 0 amide bonds. The fourth-order valence-electron chi connectivity index (χ4n) is 2.76. The summed E-state index contributed by atoms with van der Waals surface area (Å²) in [6.45, 7) is 4.29. The third kappa shape index (κ3) is 3.73. The summed E-state index contributed by atoms with van der Waals surface area (Å²) in [5, 5.41) is 0. The Balaban J connectivity index is 0.00000144. The molecule has 96 valence electrons. The lowest BCUT2D eigenvalue weighted by Crippen LogP contribution is -2.11. The summed E-state index contributed by atoms with van der Waals surface area (Å²) >= 11 is 0. The molecular weight excluding hydrogens is 204 g/mol. The Morgan fingerprint density at radius 1 is 1.06 bits per heavy atom. The van der Waals surface area contributed by atoms with Crippen molar-refractivity contribution >= 4 is 0 Å². The van der Waals surface area contributed by atoms with Crippen LogP contribution in [0.5, 0.6) is 0 Å². The van der Waals surface area contributed by atoms with E-state index in [1.54, 1.807) is 5.56 Å². The minimum Gasteiger partial charge on any atom is -0.0914 e. The molecule has 2 rings (SSSR count). The predicted molar refractivity (Wildman–Crippen MR) is 79.5 cm³/mol. The summed E-state index contributed by atoms with van der Waals surface area (Å²) in [5.74, 6) is 1.65. The van der Waals surface area contributed by atoms with Crippen molar-refractivity contribution in [3.8, 4) is 0 Å². The Morgan fingerprint density at radius 2 is 1.65 bits per heavy atom. The molecule has 0 heterocycles. The number of benzene rings is 1. The standard InChI is InChI=1S/C16H22.CH4.H2/c1-3-4-14-7-11-16(12-8-14)15-9-5-13(2)6-10-15;;/h3-6,9-10,14,16H,7-8,11-12H2,1-2H3;1H4;1H/b4-3+;;. The molecule has 0 unspecified atom stereocenters. The lowest BCUT2D eigenvalue weighted by atomic mass is 9.78. The first-order chi connectivity index (χ1) is 7.79. The van der Waals surface area contributed by atoms with E-state index >= 15 is 0 Å². The molecule has 1 fully saturated rings. The normalized spacial score (nSPS) is 24.6. The summed E-state index contributed by atoms with van der Waals surface area (Å²) < 4.78 is 0. The topological polar surface area (TPSA) is 0 Å². The van der Waals surface area contributed by atoms with Crippen LogP contribution in [0, 0.1) is 12.8 Å². The van der Waals surface area contributed by atoms with Crippen LogP contribution in [0.15, 0.2) is 36.4 Å². The molecule has 0 atom stereocenters. The molecule has 1 aromatic carbocycles. The van der Waals surface area contributed by atoms with Crippen molar-refractivity contribution in [2.75, 3.05) is 0 Å². The van der Waals surface area contributed by atoms with Crippen molar-refractivity contribution < 1.29 is 1.43 Å². The van der Waals surface area contributed by atoms with Gasteiger partial charge >= 0.3 is 0 Å². The van der Waals surface area contributed by atoms with E-state index in [0.29, 0.717) is 0 Å². The predicted octanol–water partition coefficient (Wildman–Crippen LogP) is 5.73. The Labute approximate surface area is 108 Å². The van der Waals surface area contributed by atoms with Crippen LogP contribution in [0.1, 0.15) is 58.5 Å².